The molecule has 0 bridgehead atoms. The highest BCUT2D eigenvalue weighted by atomic mass is 16.1. The van der Waals surface area contributed by atoms with Gasteiger partial charge in [0.15, 0.2) is 0 Å². The van der Waals surface area contributed by atoms with Crippen LogP contribution in [0.4, 0.5) is 0 Å². The maximum absolute atomic E-state index is 13.2. The van der Waals surface area contributed by atoms with Crippen molar-refractivity contribution >= 4 is 16.7 Å². The van der Waals surface area contributed by atoms with E-state index < -0.39 is 0 Å². The third kappa shape index (κ3) is 3.84. The lowest BCUT2D eigenvalue weighted by Gasteiger charge is -2.23. The van der Waals surface area contributed by atoms with Crippen molar-refractivity contribution in [2.75, 3.05) is 19.6 Å². The number of nitrogens with zero attached hydrogens (tertiary/aromatic N) is 2. The first-order valence-corrected chi connectivity index (χ1v) is 11.0. The monoisotopic (exact) mass is 401 g/mol. The summed E-state index contributed by atoms with van der Waals surface area (Å²) in [5.74, 6) is -0.0324. The minimum absolute atomic E-state index is 0.0324. The molecule has 1 atom stereocenters. The van der Waals surface area contributed by atoms with Gasteiger partial charge >= 0.3 is 0 Å². The molecule has 30 heavy (non-hydrogen) atoms. The molecular formula is C26H31N3O. The van der Waals surface area contributed by atoms with Crippen molar-refractivity contribution in [1.82, 2.24) is 15.2 Å². The van der Waals surface area contributed by atoms with E-state index in [4.69, 9.17) is 4.98 Å². The Bertz CT molecular complexity index is 1090. The molecule has 1 aromatic heterocycles. The summed E-state index contributed by atoms with van der Waals surface area (Å²) in [6.07, 6.45) is 4.11. The molecule has 0 saturated carbocycles. The van der Waals surface area contributed by atoms with Gasteiger partial charge in [-0.3, -0.25) is 14.7 Å². The van der Waals surface area contributed by atoms with Crippen LogP contribution >= 0.6 is 0 Å². The first kappa shape index (κ1) is 20.5. The molecule has 2 aromatic carbocycles. The van der Waals surface area contributed by atoms with Gasteiger partial charge in [-0.05, 0) is 74.8 Å². The normalized spacial score (nSPS) is 16.9. The van der Waals surface area contributed by atoms with Crippen molar-refractivity contribution < 1.29 is 4.79 Å². The number of pyridine rings is 1. The predicted molar refractivity (Wildman–Crippen MR) is 124 cm³/mol. The molecule has 1 fully saturated rings. The van der Waals surface area contributed by atoms with Gasteiger partial charge < -0.3 is 5.32 Å². The molecule has 0 spiro atoms. The quantitative estimate of drug-likeness (QED) is 0.651. The lowest BCUT2D eigenvalue weighted by molar-refractivity contribution is 0.0942. The van der Waals surface area contributed by atoms with Crippen molar-refractivity contribution in [2.24, 2.45) is 0 Å². The zero-order chi connectivity index (χ0) is 21.3. The lowest BCUT2D eigenvalue weighted by Crippen LogP contribution is -2.40. The number of aryl methyl sites for hydroxylation is 3. The Kier molecular flexibility index (Phi) is 5.87. The van der Waals surface area contributed by atoms with E-state index >= 15 is 0 Å². The van der Waals surface area contributed by atoms with E-state index in [0.717, 1.165) is 41.5 Å². The Labute approximate surface area is 179 Å². The van der Waals surface area contributed by atoms with Crippen LogP contribution in [0, 0.1) is 20.8 Å². The van der Waals surface area contributed by atoms with Crippen molar-refractivity contribution in [2.45, 2.75) is 46.6 Å². The van der Waals surface area contributed by atoms with Crippen molar-refractivity contribution in [3.05, 3.63) is 64.8 Å². The molecule has 156 valence electrons. The Morgan fingerprint density at radius 2 is 1.83 bits per heavy atom. The number of carbonyl (C=O) groups is 1. The van der Waals surface area contributed by atoms with E-state index in [0.29, 0.717) is 18.2 Å². The van der Waals surface area contributed by atoms with Crippen LogP contribution in [0.3, 0.4) is 0 Å². The lowest BCUT2D eigenvalue weighted by atomic mass is 9.94. The number of hydrogen-bond acceptors (Lipinski definition) is 3. The standard InChI is InChI=1S/C26H31N3O/c1-5-29-12-8-10-20(29)15-28-26(30)24-16-27-25(21-11-7-6-9-17(21)2)23-14-19(4)18(3)13-22(23)24/h6-7,9,11,13-14,16,20H,5,8,10,12,15H2,1-4H3,(H,28,30). The Hall–Kier alpha value is -2.72. The second-order valence-corrected chi connectivity index (χ2v) is 8.45. The van der Waals surface area contributed by atoms with Crippen molar-refractivity contribution in [3.8, 4) is 11.3 Å². The summed E-state index contributed by atoms with van der Waals surface area (Å²) >= 11 is 0. The molecule has 1 unspecified atom stereocenters. The van der Waals surface area contributed by atoms with E-state index in [2.05, 4.69) is 62.2 Å². The fourth-order valence-electron chi connectivity index (χ4n) is 4.59. The number of aromatic nitrogens is 1. The van der Waals surface area contributed by atoms with Gasteiger partial charge in [0.05, 0.1) is 11.3 Å². The second-order valence-electron chi connectivity index (χ2n) is 8.45. The topological polar surface area (TPSA) is 45.2 Å². The van der Waals surface area contributed by atoms with Crippen LogP contribution in [0.15, 0.2) is 42.6 Å². The Morgan fingerprint density at radius 1 is 1.10 bits per heavy atom. The maximum atomic E-state index is 13.2. The molecule has 3 aromatic rings. The van der Waals surface area contributed by atoms with Crippen LogP contribution < -0.4 is 5.32 Å². The molecule has 4 nitrogen and oxygen atoms in total. The molecule has 0 radical (unpaired) electrons. The highest BCUT2D eigenvalue weighted by molar-refractivity contribution is 6.10. The minimum Gasteiger partial charge on any atom is -0.350 e. The first-order valence-electron chi connectivity index (χ1n) is 11.0. The first-order chi connectivity index (χ1) is 14.5. The van der Waals surface area contributed by atoms with E-state index in [1.165, 1.54) is 23.1 Å². The van der Waals surface area contributed by atoms with Gasteiger partial charge in [-0.25, -0.2) is 0 Å². The number of hydrogen-bond donors (Lipinski definition) is 1. The van der Waals surface area contributed by atoms with Gasteiger partial charge in [-0.2, -0.15) is 0 Å². The third-order valence-corrected chi connectivity index (χ3v) is 6.55. The summed E-state index contributed by atoms with van der Waals surface area (Å²) in [6.45, 7) is 11.4. The average molecular weight is 402 g/mol. The maximum Gasteiger partial charge on any atom is 0.253 e. The molecule has 1 saturated heterocycles. The summed E-state index contributed by atoms with van der Waals surface area (Å²) in [4.78, 5) is 20.4. The van der Waals surface area contributed by atoms with E-state index in [-0.39, 0.29) is 5.91 Å². The number of amides is 1. The molecule has 0 aliphatic carbocycles. The highest BCUT2D eigenvalue weighted by Crippen LogP contribution is 2.32. The van der Waals surface area contributed by atoms with E-state index in [1.807, 2.05) is 12.1 Å². The summed E-state index contributed by atoms with van der Waals surface area (Å²) in [5, 5.41) is 5.19. The molecule has 1 amide bonds. The summed E-state index contributed by atoms with van der Waals surface area (Å²) in [5.41, 5.74) is 6.29. The summed E-state index contributed by atoms with van der Waals surface area (Å²) < 4.78 is 0. The van der Waals surface area contributed by atoms with Crippen LogP contribution in [-0.2, 0) is 0 Å². The number of benzene rings is 2. The SMILES string of the molecule is CCN1CCCC1CNC(=O)c1cnc(-c2ccccc2C)c2cc(C)c(C)cc12. The zero-order valence-electron chi connectivity index (χ0n) is 18.5. The second kappa shape index (κ2) is 8.57. The number of carbonyl (C=O) groups excluding carboxylic acids is 1. The van der Waals surface area contributed by atoms with Crippen LogP contribution in [0.25, 0.3) is 22.0 Å². The average Bonchev–Trinajstić information content (AvgIpc) is 3.20. The number of fused-ring (bicyclic) bond motifs is 1. The minimum atomic E-state index is -0.0324. The van der Waals surface area contributed by atoms with Gasteiger partial charge in [0.25, 0.3) is 5.91 Å². The summed E-state index contributed by atoms with van der Waals surface area (Å²) in [6, 6.07) is 13.0. The molecule has 1 aliphatic heterocycles. The Morgan fingerprint density at radius 3 is 2.57 bits per heavy atom. The van der Waals surface area contributed by atoms with Crippen molar-refractivity contribution in [3.63, 3.8) is 0 Å². The van der Waals surface area contributed by atoms with Gasteiger partial charge in [-0.15, -0.1) is 0 Å². The smallest absolute Gasteiger partial charge is 0.253 e. The number of rotatable bonds is 5. The largest absolute Gasteiger partial charge is 0.350 e. The number of nitrogens with one attached hydrogen (secondary N) is 1. The van der Waals surface area contributed by atoms with Gasteiger partial charge in [0, 0.05) is 29.7 Å². The molecule has 2 heterocycles. The number of likely N-dealkylation sites (tertiary alicyclic amines) is 1. The fourth-order valence-corrected chi connectivity index (χ4v) is 4.59. The predicted octanol–water partition coefficient (Wildman–Crippen LogP) is 5.04. The van der Waals surface area contributed by atoms with E-state index in [9.17, 15) is 4.79 Å². The molecule has 1 N–H and O–H groups in total. The third-order valence-electron chi connectivity index (χ3n) is 6.55. The summed E-state index contributed by atoms with van der Waals surface area (Å²) in [7, 11) is 0. The van der Waals surface area contributed by atoms with Crippen LogP contribution in [0.1, 0.15) is 46.8 Å². The van der Waals surface area contributed by atoms with Gasteiger partial charge in [0.2, 0.25) is 0 Å². The highest BCUT2D eigenvalue weighted by Gasteiger charge is 2.24. The number of likely N-dealkylation sites (N-methyl/N-ethyl adjacent to an activating group) is 1. The van der Waals surface area contributed by atoms with Crippen LogP contribution in [0.5, 0.6) is 0 Å². The van der Waals surface area contributed by atoms with Crippen molar-refractivity contribution in [1.29, 1.82) is 0 Å². The van der Waals surface area contributed by atoms with Crippen LogP contribution in [0.2, 0.25) is 0 Å². The van der Waals surface area contributed by atoms with E-state index in [1.54, 1.807) is 6.20 Å². The molecule has 4 rings (SSSR count). The van der Waals surface area contributed by atoms with Gasteiger partial charge in [-0.1, -0.05) is 37.3 Å². The molecule has 1 aliphatic rings. The van der Waals surface area contributed by atoms with Crippen LogP contribution in [-0.4, -0.2) is 41.5 Å². The zero-order valence-corrected chi connectivity index (χ0v) is 18.5. The molecular weight excluding hydrogens is 370 g/mol. The molecule has 4 heteroatoms. The Balaban J connectivity index is 1.72. The fraction of sp³-hybridized carbons (Fsp3) is 0.385. The van der Waals surface area contributed by atoms with Gasteiger partial charge in [0.1, 0.15) is 0 Å².